The van der Waals surface area contributed by atoms with Crippen LogP contribution in [-0.4, -0.2) is 35.5 Å². The Bertz CT molecular complexity index is 570. The second kappa shape index (κ2) is 5.37. The first-order valence-corrected chi connectivity index (χ1v) is 6.20. The van der Waals surface area contributed by atoms with Crippen LogP contribution in [0.15, 0.2) is 23.0 Å². The summed E-state index contributed by atoms with van der Waals surface area (Å²) in [4.78, 5) is 19.0. The fourth-order valence-electron chi connectivity index (χ4n) is 2.29. The van der Waals surface area contributed by atoms with E-state index in [1.165, 1.54) is 5.56 Å². The van der Waals surface area contributed by atoms with Crippen molar-refractivity contribution in [3.05, 3.63) is 34.2 Å². The smallest absolute Gasteiger partial charge is 0.323 e. The van der Waals surface area contributed by atoms with Gasteiger partial charge in [-0.25, -0.2) is 4.79 Å². The third-order valence-electron chi connectivity index (χ3n) is 3.23. The SMILES string of the molecule is CN(C)C(CCCN)c1ccc2[nH]c(=O)[nH]c2c1. The molecule has 5 nitrogen and oxygen atoms in total. The number of nitrogens with one attached hydrogen (secondary N) is 2. The molecule has 1 aromatic heterocycles. The lowest BCUT2D eigenvalue weighted by Crippen LogP contribution is -2.20. The van der Waals surface area contributed by atoms with Crippen molar-refractivity contribution < 1.29 is 0 Å². The van der Waals surface area contributed by atoms with Gasteiger partial charge >= 0.3 is 5.69 Å². The number of fused-ring (bicyclic) bond motifs is 1. The number of benzene rings is 1. The van der Waals surface area contributed by atoms with Crippen LogP contribution in [0, 0.1) is 0 Å². The van der Waals surface area contributed by atoms with Crippen LogP contribution < -0.4 is 11.4 Å². The fraction of sp³-hybridized carbons (Fsp3) is 0.462. The van der Waals surface area contributed by atoms with Gasteiger partial charge in [-0.05, 0) is 51.2 Å². The first-order valence-electron chi connectivity index (χ1n) is 6.20. The summed E-state index contributed by atoms with van der Waals surface area (Å²) >= 11 is 0. The predicted octanol–water partition coefficient (Wildman–Crippen LogP) is 1.20. The van der Waals surface area contributed by atoms with E-state index in [1.807, 2.05) is 12.1 Å². The molecule has 1 heterocycles. The topological polar surface area (TPSA) is 77.9 Å². The number of rotatable bonds is 5. The third-order valence-corrected chi connectivity index (χ3v) is 3.23. The van der Waals surface area contributed by atoms with Gasteiger partial charge in [0.05, 0.1) is 11.0 Å². The van der Waals surface area contributed by atoms with Crippen molar-refractivity contribution in [3.8, 4) is 0 Å². The molecule has 0 aliphatic carbocycles. The van der Waals surface area contributed by atoms with Crippen molar-refractivity contribution in [2.45, 2.75) is 18.9 Å². The van der Waals surface area contributed by atoms with E-state index < -0.39 is 0 Å². The molecule has 0 radical (unpaired) electrons. The highest BCUT2D eigenvalue weighted by molar-refractivity contribution is 5.75. The molecule has 2 aromatic rings. The highest BCUT2D eigenvalue weighted by Crippen LogP contribution is 2.25. The van der Waals surface area contributed by atoms with Gasteiger partial charge in [-0.3, -0.25) is 0 Å². The molecular weight excluding hydrogens is 228 g/mol. The van der Waals surface area contributed by atoms with Crippen LogP contribution in [-0.2, 0) is 0 Å². The maximum absolute atomic E-state index is 11.2. The van der Waals surface area contributed by atoms with Crippen LogP contribution in [0.4, 0.5) is 0 Å². The molecule has 1 unspecified atom stereocenters. The van der Waals surface area contributed by atoms with Crippen LogP contribution in [0.2, 0.25) is 0 Å². The molecule has 0 amide bonds. The van der Waals surface area contributed by atoms with Crippen LogP contribution in [0.5, 0.6) is 0 Å². The number of imidazole rings is 1. The molecule has 0 saturated carbocycles. The number of hydrogen-bond acceptors (Lipinski definition) is 3. The Balaban J connectivity index is 2.34. The summed E-state index contributed by atoms with van der Waals surface area (Å²) in [6.07, 6.45) is 2.01. The van der Waals surface area contributed by atoms with Crippen molar-refractivity contribution in [1.29, 1.82) is 0 Å². The highest BCUT2D eigenvalue weighted by Gasteiger charge is 2.14. The fourth-order valence-corrected chi connectivity index (χ4v) is 2.29. The van der Waals surface area contributed by atoms with Crippen LogP contribution in [0.3, 0.4) is 0 Å². The zero-order valence-electron chi connectivity index (χ0n) is 10.9. The minimum absolute atomic E-state index is 0.162. The normalized spacial score (nSPS) is 13.3. The average Bonchev–Trinajstić information content (AvgIpc) is 2.68. The third kappa shape index (κ3) is 2.63. The molecule has 0 aliphatic heterocycles. The van der Waals surface area contributed by atoms with E-state index in [4.69, 9.17) is 5.73 Å². The molecular formula is C13H20N4O. The van der Waals surface area contributed by atoms with Crippen LogP contribution in [0.1, 0.15) is 24.4 Å². The molecule has 18 heavy (non-hydrogen) atoms. The first-order chi connectivity index (χ1) is 8.61. The van der Waals surface area contributed by atoms with E-state index in [9.17, 15) is 4.79 Å². The Labute approximate surface area is 106 Å². The zero-order valence-corrected chi connectivity index (χ0v) is 10.9. The number of H-pyrrole nitrogens is 2. The van der Waals surface area contributed by atoms with E-state index in [0.29, 0.717) is 12.6 Å². The molecule has 0 aliphatic rings. The summed E-state index contributed by atoms with van der Waals surface area (Å²) in [6.45, 7) is 0.702. The number of nitrogens with zero attached hydrogens (tertiary/aromatic N) is 1. The Kier molecular flexibility index (Phi) is 3.84. The van der Waals surface area contributed by atoms with Gasteiger partial charge in [-0.1, -0.05) is 6.07 Å². The van der Waals surface area contributed by atoms with Crippen molar-refractivity contribution in [2.24, 2.45) is 5.73 Å². The quantitative estimate of drug-likeness (QED) is 0.744. The van der Waals surface area contributed by atoms with Crippen molar-refractivity contribution in [1.82, 2.24) is 14.9 Å². The van der Waals surface area contributed by atoms with Crippen molar-refractivity contribution >= 4 is 11.0 Å². The largest absolute Gasteiger partial charge is 0.330 e. The summed E-state index contributed by atoms with van der Waals surface area (Å²) < 4.78 is 0. The molecule has 5 heteroatoms. The maximum Gasteiger partial charge on any atom is 0.323 e. The Hall–Kier alpha value is -1.59. The molecule has 1 aromatic carbocycles. The molecule has 0 saturated heterocycles. The first kappa shape index (κ1) is 12.9. The van der Waals surface area contributed by atoms with E-state index in [-0.39, 0.29) is 5.69 Å². The molecule has 0 bridgehead atoms. The van der Waals surface area contributed by atoms with Crippen LogP contribution in [0.25, 0.3) is 11.0 Å². The van der Waals surface area contributed by atoms with Gasteiger partial charge in [0.1, 0.15) is 0 Å². The van der Waals surface area contributed by atoms with E-state index in [1.54, 1.807) is 0 Å². The average molecular weight is 248 g/mol. The summed E-state index contributed by atoms with van der Waals surface area (Å²) in [5.41, 5.74) is 8.33. The summed E-state index contributed by atoms with van der Waals surface area (Å²) in [5.74, 6) is 0. The molecule has 98 valence electrons. The summed E-state index contributed by atoms with van der Waals surface area (Å²) in [6, 6.07) is 6.37. The zero-order chi connectivity index (χ0) is 13.1. The molecule has 1 atom stereocenters. The van der Waals surface area contributed by atoms with Gasteiger partial charge < -0.3 is 20.6 Å². The lowest BCUT2D eigenvalue weighted by atomic mass is 10.0. The van der Waals surface area contributed by atoms with E-state index in [2.05, 4.69) is 35.0 Å². The monoisotopic (exact) mass is 248 g/mol. The van der Waals surface area contributed by atoms with Gasteiger partial charge in [0.25, 0.3) is 0 Å². The van der Waals surface area contributed by atoms with Crippen LogP contribution >= 0.6 is 0 Å². The molecule has 4 N–H and O–H groups in total. The van der Waals surface area contributed by atoms with Gasteiger partial charge in [0.2, 0.25) is 0 Å². The van der Waals surface area contributed by atoms with E-state index >= 15 is 0 Å². The standard InChI is InChI=1S/C13H20N4O/c1-17(2)12(4-3-7-14)9-5-6-10-11(8-9)16-13(18)15-10/h5-6,8,12H,3-4,7,14H2,1-2H3,(H2,15,16,18). The van der Waals surface area contributed by atoms with Crippen molar-refractivity contribution in [3.63, 3.8) is 0 Å². The van der Waals surface area contributed by atoms with Gasteiger partial charge in [-0.15, -0.1) is 0 Å². The maximum atomic E-state index is 11.2. The number of aromatic nitrogens is 2. The predicted molar refractivity (Wildman–Crippen MR) is 73.6 cm³/mol. The van der Waals surface area contributed by atoms with Gasteiger partial charge in [-0.2, -0.15) is 0 Å². The van der Waals surface area contributed by atoms with Gasteiger partial charge in [0.15, 0.2) is 0 Å². The summed E-state index contributed by atoms with van der Waals surface area (Å²) in [7, 11) is 4.12. The molecule has 0 spiro atoms. The highest BCUT2D eigenvalue weighted by atomic mass is 16.1. The number of aromatic amines is 2. The second-order valence-corrected chi connectivity index (χ2v) is 4.79. The van der Waals surface area contributed by atoms with E-state index in [0.717, 1.165) is 23.9 Å². The Morgan fingerprint density at radius 2 is 2.00 bits per heavy atom. The minimum atomic E-state index is -0.162. The number of nitrogens with two attached hydrogens (primary N) is 1. The Morgan fingerprint density at radius 3 is 2.67 bits per heavy atom. The molecule has 2 rings (SSSR count). The minimum Gasteiger partial charge on any atom is -0.330 e. The lowest BCUT2D eigenvalue weighted by Gasteiger charge is -2.24. The van der Waals surface area contributed by atoms with Gasteiger partial charge in [0, 0.05) is 6.04 Å². The molecule has 0 fully saturated rings. The lowest BCUT2D eigenvalue weighted by molar-refractivity contribution is 0.280. The second-order valence-electron chi connectivity index (χ2n) is 4.79. The number of hydrogen-bond donors (Lipinski definition) is 3. The Morgan fingerprint density at radius 1 is 1.28 bits per heavy atom. The summed E-state index contributed by atoms with van der Waals surface area (Å²) in [5, 5.41) is 0. The van der Waals surface area contributed by atoms with Crippen molar-refractivity contribution in [2.75, 3.05) is 20.6 Å².